The highest BCUT2D eigenvalue weighted by molar-refractivity contribution is 5.80. The molecule has 7 heavy (non-hydrogen) atoms. The molecule has 0 aromatic heterocycles. The van der Waals surface area contributed by atoms with E-state index in [1.54, 1.807) is 0 Å². The summed E-state index contributed by atoms with van der Waals surface area (Å²) < 4.78 is 0. The van der Waals surface area contributed by atoms with Crippen molar-refractivity contribution >= 4 is 5.84 Å². The molecule has 0 saturated carbocycles. The van der Waals surface area contributed by atoms with Gasteiger partial charge in [0.15, 0.2) is 0 Å². The summed E-state index contributed by atoms with van der Waals surface area (Å²) in [6.07, 6.45) is 0. The molecule has 0 spiro atoms. The molecule has 3 heteroatoms. The molecule has 0 fully saturated rings. The molecule has 0 bridgehead atoms. The van der Waals surface area contributed by atoms with Crippen LogP contribution in [0, 0.1) is 0 Å². The summed E-state index contributed by atoms with van der Waals surface area (Å²) in [6.45, 7) is 2.83. The highest BCUT2D eigenvalue weighted by atomic mass is 15.5. The highest BCUT2D eigenvalue weighted by Gasteiger charge is 2.03. The van der Waals surface area contributed by atoms with Crippen molar-refractivity contribution in [1.29, 1.82) is 0 Å². The molecular weight excluding hydrogens is 90.1 g/mol. The first-order valence-corrected chi connectivity index (χ1v) is 2.29. The number of hydrogen-bond donors (Lipinski definition) is 1. The normalized spacial score (nSPS) is 19.1. The predicted octanol–water partition coefficient (Wildman–Crippen LogP) is -0.188. The van der Waals surface area contributed by atoms with Crippen LogP contribution in [0.1, 0.15) is 6.92 Å². The number of hydrazone groups is 1. The maximum absolute atomic E-state index is 3.91. The molecule has 0 aromatic carbocycles. The lowest BCUT2D eigenvalue weighted by Crippen LogP contribution is -2.22. The predicted molar refractivity (Wildman–Crippen MR) is 28.9 cm³/mol. The number of nitrogens with zero attached hydrogens (tertiary/aromatic N) is 2. The Balaban J connectivity index is 2.54. The molecule has 0 radical (unpaired) electrons. The molecule has 0 atom stereocenters. The summed E-state index contributed by atoms with van der Waals surface area (Å²) in [5.41, 5.74) is 2.84. The molecular formula is C4H9N3. The number of amidine groups is 1. The number of rotatable bonds is 0. The van der Waals surface area contributed by atoms with Gasteiger partial charge >= 0.3 is 0 Å². The fraction of sp³-hybridized carbons (Fsp3) is 0.750. The minimum atomic E-state index is 0.853. The van der Waals surface area contributed by atoms with Crippen molar-refractivity contribution in [1.82, 2.24) is 10.3 Å². The zero-order chi connectivity index (χ0) is 5.28. The largest absolute Gasteiger partial charge is 0.343 e. The Kier molecular flexibility index (Phi) is 0.889. The van der Waals surface area contributed by atoms with Crippen LogP contribution in [0.3, 0.4) is 0 Å². The average Bonchev–Trinajstić information content (AvgIpc) is 1.91. The van der Waals surface area contributed by atoms with Crippen LogP contribution in [0.25, 0.3) is 0 Å². The van der Waals surface area contributed by atoms with Gasteiger partial charge < -0.3 is 4.90 Å². The van der Waals surface area contributed by atoms with Gasteiger partial charge in [-0.05, 0) is 6.92 Å². The molecule has 0 aliphatic carbocycles. The van der Waals surface area contributed by atoms with Crippen LogP contribution >= 0.6 is 0 Å². The van der Waals surface area contributed by atoms with E-state index in [1.807, 2.05) is 18.9 Å². The Hall–Kier alpha value is -0.730. The number of hydrogen-bond acceptors (Lipinski definition) is 3. The second kappa shape index (κ2) is 1.40. The topological polar surface area (TPSA) is 27.6 Å². The fourth-order valence-electron chi connectivity index (χ4n) is 0.456. The Morgan fingerprint density at radius 2 is 2.57 bits per heavy atom. The molecule has 0 aromatic rings. The molecule has 1 aliphatic heterocycles. The third kappa shape index (κ3) is 0.656. The summed E-state index contributed by atoms with van der Waals surface area (Å²) in [7, 11) is 2.00. The minimum Gasteiger partial charge on any atom is -0.343 e. The summed E-state index contributed by atoms with van der Waals surface area (Å²) in [4.78, 5) is 2.04. The highest BCUT2D eigenvalue weighted by Crippen LogP contribution is 1.88. The lowest BCUT2D eigenvalue weighted by Gasteiger charge is -2.05. The van der Waals surface area contributed by atoms with E-state index >= 15 is 0 Å². The second-order valence-electron chi connectivity index (χ2n) is 1.67. The summed E-state index contributed by atoms with van der Waals surface area (Å²) in [5, 5.41) is 3.91. The molecule has 40 valence electrons. The van der Waals surface area contributed by atoms with Gasteiger partial charge in [0.05, 0.1) is 0 Å². The van der Waals surface area contributed by atoms with Gasteiger partial charge in [-0.25, -0.2) is 0 Å². The first kappa shape index (κ1) is 4.43. The molecule has 1 aliphatic rings. The third-order valence-corrected chi connectivity index (χ3v) is 1.10. The van der Waals surface area contributed by atoms with E-state index in [0.29, 0.717) is 0 Å². The van der Waals surface area contributed by atoms with Gasteiger partial charge in [-0.1, -0.05) is 0 Å². The molecule has 1 N–H and O–H groups in total. The Bertz CT molecular complexity index is 97.1. The maximum Gasteiger partial charge on any atom is 0.122 e. The molecule has 1 rings (SSSR count). The van der Waals surface area contributed by atoms with Gasteiger partial charge in [0.1, 0.15) is 12.5 Å². The fourth-order valence-corrected chi connectivity index (χ4v) is 0.456. The summed E-state index contributed by atoms with van der Waals surface area (Å²) in [5.74, 6) is 1.06. The van der Waals surface area contributed by atoms with E-state index in [0.717, 1.165) is 12.5 Å². The zero-order valence-corrected chi connectivity index (χ0v) is 4.60. The monoisotopic (exact) mass is 99.1 g/mol. The molecule has 3 nitrogen and oxygen atoms in total. The quantitative estimate of drug-likeness (QED) is 0.456. The molecule has 1 heterocycles. The standard InChI is InChI=1S/C4H9N3/c1-4-6-5-3-7(4)2/h5H,3H2,1-2H3. The van der Waals surface area contributed by atoms with E-state index in [1.165, 1.54) is 0 Å². The SMILES string of the molecule is CC1=NNCN1C. The molecule has 0 unspecified atom stereocenters. The summed E-state index contributed by atoms with van der Waals surface area (Å²) in [6, 6.07) is 0. The minimum absolute atomic E-state index is 0.853. The van der Waals surface area contributed by atoms with Crippen molar-refractivity contribution in [3.8, 4) is 0 Å². The van der Waals surface area contributed by atoms with Crippen molar-refractivity contribution < 1.29 is 0 Å². The van der Waals surface area contributed by atoms with Crippen molar-refractivity contribution in [2.75, 3.05) is 13.7 Å². The van der Waals surface area contributed by atoms with Crippen molar-refractivity contribution in [3.63, 3.8) is 0 Å². The van der Waals surface area contributed by atoms with Crippen LogP contribution in [0.15, 0.2) is 5.10 Å². The molecule has 0 amide bonds. The van der Waals surface area contributed by atoms with E-state index < -0.39 is 0 Å². The Morgan fingerprint density at radius 3 is 2.71 bits per heavy atom. The van der Waals surface area contributed by atoms with Crippen LogP contribution in [-0.2, 0) is 0 Å². The van der Waals surface area contributed by atoms with Gasteiger partial charge in [0, 0.05) is 7.05 Å². The first-order chi connectivity index (χ1) is 3.30. The number of nitrogens with one attached hydrogen (secondary N) is 1. The maximum atomic E-state index is 3.91. The third-order valence-electron chi connectivity index (χ3n) is 1.10. The molecule has 0 saturated heterocycles. The van der Waals surface area contributed by atoms with Crippen LogP contribution in [0.4, 0.5) is 0 Å². The lowest BCUT2D eigenvalue weighted by molar-refractivity contribution is 0.504. The van der Waals surface area contributed by atoms with Gasteiger partial charge in [-0.3, -0.25) is 5.43 Å². The van der Waals surface area contributed by atoms with E-state index in [-0.39, 0.29) is 0 Å². The summed E-state index contributed by atoms with van der Waals surface area (Å²) >= 11 is 0. The Labute approximate surface area is 43.0 Å². The van der Waals surface area contributed by atoms with Gasteiger partial charge in [-0.2, -0.15) is 5.10 Å². The van der Waals surface area contributed by atoms with Crippen LogP contribution < -0.4 is 5.43 Å². The van der Waals surface area contributed by atoms with E-state index in [2.05, 4.69) is 10.5 Å². The van der Waals surface area contributed by atoms with Crippen LogP contribution in [0.5, 0.6) is 0 Å². The second-order valence-corrected chi connectivity index (χ2v) is 1.67. The van der Waals surface area contributed by atoms with E-state index in [4.69, 9.17) is 0 Å². The van der Waals surface area contributed by atoms with Crippen LogP contribution in [0.2, 0.25) is 0 Å². The zero-order valence-electron chi connectivity index (χ0n) is 4.60. The average molecular weight is 99.1 g/mol. The Morgan fingerprint density at radius 1 is 1.86 bits per heavy atom. The smallest absolute Gasteiger partial charge is 0.122 e. The lowest BCUT2D eigenvalue weighted by atomic mass is 10.6. The van der Waals surface area contributed by atoms with Crippen molar-refractivity contribution in [2.45, 2.75) is 6.92 Å². The van der Waals surface area contributed by atoms with Gasteiger partial charge in [-0.15, -0.1) is 0 Å². The van der Waals surface area contributed by atoms with Crippen molar-refractivity contribution in [2.24, 2.45) is 5.10 Å². The van der Waals surface area contributed by atoms with E-state index in [9.17, 15) is 0 Å². The first-order valence-electron chi connectivity index (χ1n) is 2.29. The van der Waals surface area contributed by atoms with Crippen molar-refractivity contribution in [3.05, 3.63) is 0 Å². The van der Waals surface area contributed by atoms with Crippen LogP contribution in [-0.4, -0.2) is 24.5 Å². The van der Waals surface area contributed by atoms with Gasteiger partial charge in [0.2, 0.25) is 0 Å². The van der Waals surface area contributed by atoms with Gasteiger partial charge in [0.25, 0.3) is 0 Å².